The summed E-state index contributed by atoms with van der Waals surface area (Å²) in [5.41, 5.74) is 2.79. The first kappa shape index (κ1) is 12.6. The van der Waals surface area contributed by atoms with Gasteiger partial charge in [-0.15, -0.1) is 0 Å². The van der Waals surface area contributed by atoms with Crippen LogP contribution in [0.25, 0.3) is 0 Å². The van der Waals surface area contributed by atoms with Crippen molar-refractivity contribution in [2.75, 3.05) is 19.7 Å². The second-order valence-electron chi connectivity index (χ2n) is 5.10. The van der Waals surface area contributed by atoms with Gasteiger partial charge < -0.3 is 5.11 Å². The molecule has 1 saturated heterocycles. The van der Waals surface area contributed by atoms with Crippen LogP contribution in [0.15, 0.2) is 24.3 Å². The number of aryl methyl sites for hydroxylation is 1. The van der Waals surface area contributed by atoms with Gasteiger partial charge >= 0.3 is 0 Å². The van der Waals surface area contributed by atoms with Crippen molar-refractivity contribution in [3.63, 3.8) is 0 Å². The minimum atomic E-state index is 0.339. The average molecular weight is 233 g/mol. The van der Waals surface area contributed by atoms with Gasteiger partial charge in [-0.05, 0) is 42.9 Å². The SMILES string of the molecule is CCc1ccc(CN2CCC[C@H](CO)C2)cc1. The summed E-state index contributed by atoms with van der Waals surface area (Å²) in [5, 5.41) is 9.22. The van der Waals surface area contributed by atoms with Gasteiger partial charge in [0, 0.05) is 19.7 Å². The highest BCUT2D eigenvalue weighted by molar-refractivity contribution is 5.22. The molecule has 0 bridgehead atoms. The topological polar surface area (TPSA) is 23.5 Å². The largest absolute Gasteiger partial charge is 0.396 e. The fourth-order valence-corrected chi connectivity index (χ4v) is 2.58. The number of hydrogen-bond acceptors (Lipinski definition) is 2. The van der Waals surface area contributed by atoms with Crippen LogP contribution in [0.3, 0.4) is 0 Å². The number of rotatable bonds is 4. The van der Waals surface area contributed by atoms with Crippen LogP contribution in [0.1, 0.15) is 30.9 Å². The van der Waals surface area contributed by atoms with Crippen LogP contribution in [-0.2, 0) is 13.0 Å². The highest BCUT2D eigenvalue weighted by Crippen LogP contribution is 2.18. The number of hydrogen-bond donors (Lipinski definition) is 1. The number of nitrogens with zero attached hydrogens (tertiary/aromatic N) is 1. The molecule has 94 valence electrons. The summed E-state index contributed by atoms with van der Waals surface area (Å²) < 4.78 is 0. The van der Waals surface area contributed by atoms with Crippen LogP contribution < -0.4 is 0 Å². The minimum absolute atomic E-state index is 0.339. The second-order valence-corrected chi connectivity index (χ2v) is 5.10. The zero-order valence-corrected chi connectivity index (χ0v) is 10.7. The van der Waals surface area contributed by atoms with E-state index in [1.807, 2.05) is 0 Å². The molecule has 2 nitrogen and oxygen atoms in total. The zero-order valence-electron chi connectivity index (χ0n) is 10.7. The van der Waals surface area contributed by atoms with Crippen LogP contribution in [0.4, 0.5) is 0 Å². The van der Waals surface area contributed by atoms with Crippen LogP contribution >= 0.6 is 0 Å². The van der Waals surface area contributed by atoms with E-state index in [2.05, 4.69) is 36.1 Å². The molecule has 1 aromatic rings. The molecule has 1 aliphatic heterocycles. The summed E-state index contributed by atoms with van der Waals surface area (Å²) in [6, 6.07) is 8.92. The standard InChI is InChI=1S/C15H23NO/c1-2-13-5-7-14(8-6-13)10-16-9-3-4-15(11-16)12-17/h5-8,15,17H,2-4,9-12H2,1H3/t15-/m0/s1. The Bertz CT molecular complexity index is 333. The summed E-state index contributed by atoms with van der Waals surface area (Å²) in [6.45, 7) is 5.77. The monoisotopic (exact) mass is 233 g/mol. The Morgan fingerprint density at radius 1 is 1.24 bits per heavy atom. The Hall–Kier alpha value is -0.860. The van der Waals surface area contributed by atoms with Crippen LogP contribution in [0.2, 0.25) is 0 Å². The fraction of sp³-hybridized carbons (Fsp3) is 0.600. The van der Waals surface area contributed by atoms with Gasteiger partial charge in [0.25, 0.3) is 0 Å². The first-order valence-electron chi connectivity index (χ1n) is 6.73. The number of benzene rings is 1. The molecule has 2 heteroatoms. The average Bonchev–Trinajstić information content (AvgIpc) is 2.40. The van der Waals surface area contributed by atoms with E-state index in [0.717, 1.165) is 19.5 Å². The van der Waals surface area contributed by atoms with Crippen molar-refractivity contribution in [1.82, 2.24) is 4.90 Å². The maximum absolute atomic E-state index is 9.22. The van der Waals surface area contributed by atoms with Crippen molar-refractivity contribution >= 4 is 0 Å². The van der Waals surface area contributed by atoms with Crippen molar-refractivity contribution in [1.29, 1.82) is 0 Å². The summed E-state index contributed by atoms with van der Waals surface area (Å²) in [4.78, 5) is 2.46. The number of piperidine rings is 1. The lowest BCUT2D eigenvalue weighted by Crippen LogP contribution is -2.36. The summed E-state index contributed by atoms with van der Waals surface area (Å²) in [5.74, 6) is 0.485. The third kappa shape index (κ3) is 3.55. The van der Waals surface area contributed by atoms with Crippen molar-refractivity contribution in [3.8, 4) is 0 Å². The molecule has 1 heterocycles. The molecule has 17 heavy (non-hydrogen) atoms. The van der Waals surface area contributed by atoms with Crippen molar-refractivity contribution in [2.24, 2.45) is 5.92 Å². The molecule has 0 aliphatic carbocycles. The third-order valence-electron chi connectivity index (χ3n) is 3.70. The Morgan fingerprint density at radius 2 is 1.94 bits per heavy atom. The molecule has 0 unspecified atom stereocenters. The quantitative estimate of drug-likeness (QED) is 0.863. The van der Waals surface area contributed by atoms with Gasteiger partial charge in [-0.25, -0.2) is 0 Å². The maximum atomic E-state index is 9.22. The number of aliphatic hydroxyl groups excluding tert-OH is 1. The Kier molecular flexibility index (Phi) is 4.57. The highest BCUT2D eigenvalue weighted by Gasteiger charge is 2.18. The molecular weight excluding hydrogens is 210 g/mol. The molecule has 0 saturated carbocycles. The maximum Gasteiger partial charge on any atom is 0.0471 e. The van der Waals surface area contributed by atoms with Crippen molar-refractivity contribution in [2.45, 2.75) is 32.7 Å². The Labute approximate surface area is 104 Å². The minimum Gasteiger partial charge on any atom is -0.396 e. The van der Waals surface area contributed by atoms with Crippen molar-refractivity contribution < 1.29 is 5.11 Å². The molecule has 0 spiro atoms. The molecule has 1 N–H and O–H groups in total. The van der Waals surface area contributed by atoms with E-state index in [1.165, 1.54) is 30.5 Å². The third-order valence-corrected chi connectivity index (χ3v) is 3.70. The molecule has 2 rings (SSSR count). The lowest BCUT2D eigenvalue weighted by atomic mass is 9.98. The summed E-state index contributed by atoms with van der Waals surface area (Å²) in [6.07, 6.45) is 3.51. The second kappa shape index (κ2) is 6.18. The van der Waals surface area contributed by atoms with Crippen LogP contribution in [0.5, 0.6) is 0 Å². The van der Waals surface area contributed by atoms with E-state index in [-0.39, 0.29) is 0 Å². The summed E-state index contributed by atoms with van der Waals surface area (Å²) >= 11 is 0. The van der Waals surface area contributed by atoms with Gasteiger partial charge in [-0.3, -0.25) is 4.90 Å². The van der Waals surface area contributed by atoms with E-state index < -0.39 is 0 Å². The zero-order chi connectivity index (χ0) is 12.1. The van der Waals surface area contributed by atoms with E-state index in [4.69, 9.17) is 0 Å². The van der Waals surface area contributed by atoms with E-state index >= 15 is 0 Å². The van der Waals surface area contributed by atoms with Gasteiger partial charge in [0.2, 0.25) is 0 Å². The molecular formula is C15H23NO. The molecule has 1 aliphatic rings. The summed E-state index contributed by atoms with van der Waals surface area (Å²) in [7, 11) is 0. The molecule has 0 aromatic heterocycles. The molecule has 1 aromatic carbocycles. The van der Waals surface area contributed by atoms with Gasteiger partial charge in [-0.1, -0.05) is 31.2 Å². The first-order chi connectivity index (χ1) is 8.31. The van der Waals surface area contributed by atoms with Gasteiger partial charge in [-0.2, -0.15) is 0 Å². The Balaban J connectivity index is 1.90. The molecule has 0 amide bonds. The molecule has 0 radical (unpaired) electrons. The molecule has 1 atom stereocenters. The number of aliphatic hydroxyl groups is 1. The van der Waals surface area contributed by atoms with Gasteiger partial charge in [0.05, 0.1) is 0 Å². The smallest absolute Gasteiger partial charge is 0.0471 e. The highest BCUT2D eigenvalue weighted by atomic mass is 16.3. The van der Waals surface area contributed by atoms with Gasteiger partial charge in [0.1, 0.15) is 0 Å². The van der Waals surface area contributed by atoms with Crippen LogP contribution in [-0.4, -0.2) is 29.7 Å². The Morgan fingerprint density at radius 3 is 2.59 bits per heavy atom. The van der Waals surface area contributed by atoms with Gasteiger partial charge in [0.15, 0.2) is 0 Å². The molecule has 1 fully saturated rings. The van der Waals surface area contributed by atoms with E-state index in [0.29, 0.717) is 12.5 Å². The van der Waals surface area contributed by atoms with Crippen LogP contribution in [0, 0.1) is 5.92 Å². The first-order valence-corrected chi connectivity index (χ1v) is 6.73. The normalized spacial score (nSPS) is 21.6. The predicted molar refractivity (Wildman–Crippen MR) is 70.9 cm³/mol. The lowest BCUT2D eigenvalue weighted by Gasteiger charge is -2.31. The van der Waals surface area contributed by atoms with Crippen molar-refractivity contribution in [3.05, 3.63) is 35.4 Å². The lowest BCUT2D eigenvalue weighted by molar-refractivity contribution is 0.116. The van der Waals surface area contributed by atoms with E-state index in [1.54, 1.807) is 0 Å². The predicted octanol–water partition coefficient (Wildman–Crippen LogP) is 2.45. The fourth-order valence-electron chi connectivity index (χ4n) is 2.58. The number of likely N-dealkylation sites (tertiary alicyclic amines) is 1. The van der Waals surface area contributed by atoms with E-state index in [9.17, 15) is 5.11 Å².